The van der Waals surface area contributed by atoms with E-state index in [0.717, 1.165) is 6.42 Å². The summed E-state index contributed by atoms with van der Waals surface area (Å²) in [6.07, 6.45) is 0.628. The van der Waals surface area contributed by atoms with Gasteiger partial charge in [-0.05, 0) is 30.5 Å². The first kappa shape index (κ1) is 16.8. The molecule has 6 atom stereocenters. The van der Waals surface area contributed by atoms with E-state index in [9.17, 15) is 14.4 Å². The van der Waals surface area contributed by atoms with Crippen molar-refractivity contribution in [2.75, 3.05) is 11.9 Å². The highest BCUT2D eigenvalue weighted by Crippen LogP contribution is 2.60. The molecule has 3 fully saturated rings. The van der Waals surface area contributed by atoms with Crippen molar-refractivity contribution in [2.24, 2.45) is 23.7 Å². The number of nitrogens with one attached hydrogen (secondary N) is 1. The van der Waals surface area contributed by atoms with Crippen molar-refractivity contribution < 1.29 is 23.9 Å². The Kier molecular flexibility index (Phi) is 4.24. The van der Waals surface area contributed by atoms with E-state index in [-0.39, 0.29) is 28.7 Å². The lowest BCUT2D eigenvalue weighted by Crippen LogP contribution is -2.39. The summed E-state index contributed by atoms with van der Waals surface area (Å²) in [5, 5.41) is 3.11. The van der Waals surface area contributed by atoms with E-state index in [1.807, 2.05) is 0 Å². The number of rotatable bonds is 4. The Morgan fingerprint density at radius 1 is 1.36 bits per heavy atom. The van der Waals surface area contributed by atoms with E-state index in [1.165, 1.54) is 0 Å². The maximum absolute atomic E-state index is 12.5. The number of hydrogen-bond donors (Lipinski definition) is 1. The molecular weight excluding hydrogens is 414 g/mol. The molecule has 3 aliphatic rings. The molecular formula is C17H15BrClNO5. The molecule has 0 radical (unpaired) electrons. The largest absolute Gasteiger partial charge is 0.461 e. The van der Waals surface area contributed by atoms with Crippen molar-refractivity contribution in [2.45, 2.75) is 17.4 Å². The van der Waals surface area contributed by atoms with Crippen molar-refractivity contribution in [3.63, 3.8) is 0 Å². The van der Waals surface area contributed by atoms with Crippen LogP contribution in [0.2, 0.25) is 5.02 Å². The summed E-state index contributed by atoms with van der Waals surface area (Å²) < 4.78 is 10.5. The fourth-order valence-electron chi connectivity index (χ4n) is 4.29. The molecule has 0 aromatic heterocycles. The molecule has 1 saturated heterocycles. The molecule has 6 nitrogen and oxygen atoms in total. The Balaban J connectivity index is 1.36. The van der Waals surface area contributed by atoms with E-state index in [4.69, 9.17) is 21.1 Å². The lowest BCUT2D eigenvalue weighted by molar-refractivity contribution is -0.157. The summed E-state index contributed by atoms with van der Waals surface area (Å²) in [6, 6.07) is 6.68. The van der Waals surface area contributed by atoms with Crippen molar-refractivity contribution >= 4 is 51.1 Å². The second-order valence-electron chi connectivity index (χ2n) is 6.63. The predicted molar refractivity (Wildman–Crippen MR) is 92.2 cm³/mol. The smallest absolute Gasteiger partial charge is 0.310 e. The monoisotopic (exact) mass is 427 g/mol. The molecule has 0 spiro atoms. The maximum atomic E-state index is 12.5. The Hall–Kier alpha value is -1.60. The molecule has 1 aliphatic heterocycles. The number of amides is 1. The van der Waals surface area contributed by atoms with Gasteiger partial charge in [0, 0.05) is 16.6 Å². The number of alkyl halides is 1. The summed E-state index contributed by atoms with van der Waals surface area (Å²) in [5.41, 5.74) is 0.524. The highest BCUT2D eigenvalue weighted by Gasteiger charge is 2.68. The molecule has 2 bridgehead atoms. The standard InChI is InChI=1S/C17H15BrClNO5/c18-14-9-5-10-13(17(23)25-15(10)14)12(9)16(22)24-6-11(21)20-8-3-1-2-7(19)4-8/h1-4,9-10,12-15H,5-6H2,(H,20,21)/t9-,10-,12-,13-,14-,15+/m1/s1. The van der Waals surface area contributed by atoms with Gasteiger partial charge in [-0.15, -0.1) is 0 Å². The number of anilines is 1. The number of benzene rings is 1. The third-order valence-corrected chi connectivity index (χ3v) is 6.68. The summed E-state index contributed by atoms with van der Waals surface area (Å²) in [7, 11) is 0. The Labute approximate surface area is 157 Å². The predicted octanol–water partition coefficient (Wildman–Crippen LogP) is 2.39. The second kappa shape index (κ2) is 6.29. The van der Waals surface area contributed by atoms with Gasteiger partial charge in [-0.2, -0.15) is 0 Å². The number of halogens is 2. The summed E-state index contributed by atoms with van der Waals surface area (Å²) in [6.45, 7) is -0.405. The van der Waals surface area contributed by atoms with Gasteiger partial charge in [0.2, 0.25) is 0 Å². The zero-order chi connectivity index (χ0) is 17.7. The van der Waals surface area contributed by atoms with Crippen LogP contribution in [0.1, 0.15) is 6.42 Å². The minimum Gasteiger partial charge on any atom is -0.461 e. The van der Waals surface area contributed by atoms with E-state index in [1.54, 1.807) is 24.3 Å². The van der Waals surface area contributed by atoms with E-state index in [2.05, 4.69) is 21.2 Å². The van der Waals surface area contributed by atoms with Gasteiger partial charge in [-0.3, -0.25) is 14.4 Å². The minimum absolute atomic E-state index is 0.00920. The van der Waals surface area contributed by atoms with Crippen LogP contribution in [0.15, 0.2) is 24.3 Å². The first-order valence-electron chi connectivity index (χ1n) is 8.02. The molecule has 2 saturated carbocycles. The number of fused-ring (bicyclic) bond motifs is 1. The molecule has 1 N–H and O–H groups in total. The average Bonchev–Trinajstić information content (AvgIpc) is 3.17. The summed E-state index contributed by atoms with van der Waals surface area (Å²) >= 11 is 9.40. The lowest BCUT2D eigenvalue weighted by Gasteiger charge is -2.26. The third-order valence-electron chi connectivity index (χ3n) is 5.25. The Morgan fingerprint density at radius 3 is 2.92 bits per heavy atom. The fraction of sp³-hybridized carbons (Fsp3) is 0.471. The molecule has 4 rings (SSSR count). The van der Waals surface area contributed by atoms with Gasteiger partial charge in [0.25, 0.3) is 5.91 Å². The zero-order valence-electron chi connectivity index (χ0n) is 13.0. The average molecular weight is 429 g/mol. The summed E-state index contributed by atoms with van der Waals surface area (Å²) in [4.78, 5) is 36.4. The van der Waals surface area contributed by atoms with Crippen LogP contribution >= 0.6 is 27.5 Å². The first-order chi connectivity index (χ1) is 12.0. The molecule has 2 aliphatic carbocycles. The minimum atomic E-state index is -0.542. The van der Waals surface area contributed by atoms with Crippen molar-refractivity contribution in [3.05, 3.63) is 29.3 Å². The van der Waals surface area contributed by atoms with Crippen LogP contribution in [0.25, 0.3) is 0 Å². The highest BCUT2D eigenvalue weighted by molar-refractivity contribution is 9.09. The molecule has 132 valence electrons. The third kappa shape index (κ3) is 2.83. The van der Waals surface area contributed by atoms with Crippen molar-refractivity contribution in [1.29, 1.82) is 0 Å². The van der Waals surface area contributed by atoms with E-state index in [0.29, 0.717) is 10.7 Å². The summed E-state index contributed by atoms with van der Waals surface area (Å²) in [5.74, 6) is -2.20. The van der Waals surface area contributed by atoms with E-state index >= 15 is 0 Å². The van der Waals surface area contributed by atoms with E-state index < -0.39 is 30.3 Å². The molecule has 0 unspecified atom stereocenters. The van der Waals surface area contributed by atoms with Crippen LogP contribution in [0.5, 0.6) is 0 Å². The highest BCUT2D eigenvalue weighted by atomic mass is 79.9. The first-order valence-corrected chi connectivity index (χ1v) is 9.31. The second-order valence-corrected chi connectivity index (χ2v) is 8.12. The molecule has 1 heterocycles. The quantitative estimate of drug-likeness (QED) is 0.588. The lowest BCUT2D eigenvalue weighted by atomic mass is 9.80. The fourth-order valence-corrected chi connectivity index (χ4v) is 5.53. The molecule has 1 aromatic carbocycles. The zero-order valence-corrected chi connectivity index (χ0v) is 15.3. The maximum Gasteiger partial charge on any atom is 0.310 e. The van der Waals surface area contributed by atoms with Crippen LogP contribution in [-0.4, -0.2) is 35.4 Å². The van der Waals surface area contributed by atoms with Crippen molar-refractivity contribution in [1.82, 2.24) is 0 Å². The van der Waals surface area contributed by atoms with Crippen molar-refractivity contribution in [3.8, 4) is 0 Å². The van der Waals surface area contributed by atoms with Gasteiger partial charge in [-0.25, -0.2) is 0 Å². The van der Waals surface area contributed by atoms with Crippen LogP contribution < -0.4 is 5.32 Å². The SMILES string of the molecule is O=C(COC(=O)[C@@H]1[C@H]2C[C@H]3[C@H](OC(=O)[C@H]31)[C@@H]2Br)Nc1cccc(Cl)c1. The van der Waals surface area contributed by atoms with Crippen LogP contribution in [0.3, 0.4) is 0 Å². The van der Waals surface area contributed by atoms with Gasteiger partial charge in [0.1, 0.15) is 6.10 Å². The van der Waals surface area contributed by atoms with Crippen LogP contribution in [0.4, 0.5) is 5.69 Å². The van der Waals surface area contributed by atoms with Crippen LogP contribution in [-0.2, 0) is 23.9 Å². The molecule has 8 heteroatoms. The number of carbonyl (C=O) groups excluding carboxylic acids is 3. The number of carbonyl (C=O) groups is 3. The Morgan fingerprint density at radius 2 is 2.16 bits per heavy atom. The Bertz CT molecular complexity index is 756. The van der Waals surface area contributed by atoms with Gasteiger partial charge in [-0.1, -0.05) is 33.6 Å². The molecule has 25 heavy (non-hydrogen) atoms. The molecule has 1 aromatic rings. The van der Waals surface area contributed by atoms with Gasteiger partial charge < -0.3 is 14.8 Å². The van der Waals surface area contributed by atoms with Gasteiger partial charge >= 0.3 is 11.9 Å². The van der Waals surface area contributed by atoms with Crippen LogP contribution in [0, 0.1) is 23.7 Å². The topological polar surface area (TPSA) is 81.7 Å². The number of ether oxygens (including phenoxy) is 2. The normalized spacial score (nSPS) is 34.7. The van der Waals surface area contributed by atoms with Gasteiger partial charge in [0.05, 0.1) is 16.7 Å². The molecule has 1 amide bonds. The van der Waals surface area contributed by atoms with Gasteiger partial charge in [0.15, 0.2) is 6.61 Å². The number of hydrogen-bond acceptors (Lipinski definition) is 5. The number of esters is 2.